The van der Waals surface area contributed by atoms with E-state index in [2.05, 4.69) is 69.4 Å². The Morgan fingerprint density at radius 3 is 2.46 bits per heavy atom. The summed E-state index contributed by atoms with van der Waals surface area (Å²) >= 11 is 1.58. The van der Waals surface area contributed by atoms with E-state index in [1.807, 2.05) is 6.26 Å². The molecule has 28 heavy (non-hydrogen) atoms. The monoisotopic (exact) mass is 413 g/mol. The first-order valence-corrected chi connectivity index (χ1v) is 14.7. The van der Waals surface area contributed by atoms with E-state index in [1.165, 1.54) is 28.3 Å². The van der Waals surface area contributed by atoms with Crippen LogP contribution in [-0.4, -0.2) is 35.5 Å². The quantitative estimate of drug-likeness (QED) is 0.204. The number of hydrogen-bond acceptors (Lipinski definition) is 4. The maximum atomic E-state index is 6.01. The molecule has 3 rings (SSSR count). The molecule has 0 bridgehead atoms. The van der Waals surface area contributed by atoms with Crippen LogP contribution in [0.2, 0.25) is 25.7 Å². The number of aryl methyl sites for hydroxylation is 3. The standard InChI is InChI=1S/C22H31N3OSSi/c1-15-8-9-18(16(2)12-15)20-19-17(3)13-25(14-26-10-11-28(5,6)7)21(19)24-22(23-20)27-4/h8-9,12-13H,10-11,14H2,1-7H3. The molecule has 0 aliphatic carbocycles. The Hall–Kier alpha value is -1.63. The van der Waals surface area contributed by atoms with Gasteiger partial charge in [0.05, 0.1) is 5.69 Å². The van der Waals surface area contributed by atoms with Crippen molar-refractivity contribution < 1.29 is 4.74 Å². The normalized spacial score (nSPS) is 12.1. The van der Waals surface area contributed by atoms with Crippen molar-refractivity contribution in [2.45, 2.75) is 58.3 Å². The molecule has 0 atom stereocenters. The van der Waals surface area contributed by atoms with Crippen molar-refractivity contribution in [1.82, 2.24) is 14.5 Å². The van der Waals surface area contributed by atoms with Crippen LogP contribution in [0, 0.1) is 20.8 Å². The molecule has 0 fully saturated rings. The van der Waals surface area contributed by atoms with Gasteiger partial charge in [-0.2, -0.15) is 0 Å². The molecule has 2 aromatic heterocycles. The summed E-state index contributed by atoms with van der Waals surface area (Å²) < 4.78 is 8.13. The van der Waals surface area contributed by atoms with Crippen LogP contribution >= 0.6 is 11.8 Å². The van der Waals surface area contributed by atoms with Crippen molar-refractivity contribution in [3.63, 3.8) is 0 Å². The van der Waals surface area contributed by atoms with Crippen LogP contribution in [-0.2, 0) is 11.5 Å². The van der Waals surface area contributed by atoms with Gasteiger partial charge in [0.1, 0.15) is 12.4 Å². The largest absolute Gasteiger partial charge is 0.361 e. The van der Waals surface area contributed by atoms with Crippen LogP contribution in [0.3, 0.4) is 0 Å². The number of fused-ring (bicyclic) bond motifs is 1. The third-order valence-electron chi connectivity index (χ3n) is 4.93. The van der Waals surface area contributed by atoms with E-state index in [-0.39, 0.29) is 0 Å². The van der Waals surface area contributed by atoms with Gasteiger partial charge >= 0.3 is 0 Å². The van der Waals surface area contributed by atoms with Crippen LogP contribution in [0.15, 0.2) is 29.6 Å². The molecule has 150 valence electrons. The molecule has 0 amide bonds. The van der Waals surface area contributed by atoms with Crippen molar-refractivity contribution in [2.75, 3.05) is 12.9 Å². The zero-order chi connectivity index (χ0) is 20.5. The Morgan fingerprint density at radius 1 is 1.07 bits per heavy atom. The van der Waals surface area contributed by atoms with Gasteiger partial charge < -0.3 is 9.30 Å². The second-order valence-electron chi connectivity index (χ2n) is 8.71. The smallest absolute Gasteiger partial charge is 0.189 e. The van der Waals surface area contributed by atoms with E-state index in [0.29, 0.717) is 6.73 Å². The van der Waals surface area contributed by atoms with Crippen LogP contribution in [0.25, 0.3) is 22.3 Å². The van der Waals surface area contributed by atoms with E-state index in [9.17, 15) is 0 Å². The molecule has 1 aromatic carbocycles. The summed E-state index contributed by atoms with van der Waals surface area (Å²) in [5.41, 5.74) is 6.84. The predicted molar refractivity (Wildman–Crippen MR) is 123 cm³/mol. The lowest BCUT2D eigenvalue weighted by Crippen LogP contribution is -2.22. The number of hydrogen-bond donors (Lipinski definition) is 0. The highest BCUT2D eigenvalue weighted by molar-refractivity contribution is 7.98. The van der Waals surface area contributed by atoms with Crippen LogP contribution in [0.5, 0.6) is 0 Å². The SMILES string of the molecule is CSc1nc(-c2ccc(C)cc2C)c2c(C)cn(COCC[Si](C)(C)C)c2n1. The van der Waals surface area contributed by atoms with Gasteiger partial charge in [-0.15, -0.1) is 0 Å². The van der Waals surface area contributed by atoms with E-state index in [1.54, 1.807) is 11.8 Å². The minimum atomic E-state index is -1.09. The fraction of sp³-hybridized carbons (Fsp3) is 0.455. The average molecular weight is 414 g/mol. The molecule has 3 aromatic rings. The molecule has 4 nitrogen and oxygen atoms in total. The summed E-state index contributed by atoms with van der Waals surface area (Å²) in [6.45, 7) is 14.9. The fourth-order valence-corrected chi connectivity index (χ4v) is 4.48. The Bertz CT molecular complexity index is 992. The predicted octanol–water partition coefficient (Wildman–Crippen LogP) is 6.06. The summed E-state index contributed by atoms with van der Waals surface area (Å²) in [6.07, 6.45) is 4.17. The maximum Gasteiger partial charge on any atom is 0.189 e. The first kappa shape index (κ1) is 21.1. The molecule has 0 saturated heterocycles. The minimum Gasteiger partial charge on any atom is -0.361 e. The molecule has 0 spiro atoms. The molecule has 0 aliphatic heterocycles. The van der Waals surface area contributed by atoms with Gasteiger partial charge in [-0.3, -0.25) is 0 Å². The third kappa shape index (κ3) is 4.67. The summed E-state index contributed by atoms with van der Waals surface area (Å²) in [4.78, 5) is 9.71. The highest BCUT2D eigenvalue weighted by Gasteiger charge is 2.18. The number of benzene rings is 1. The number of rotatable bonds is 7. The van der Waals surface area contributed by atoms with Crippen molar-refractivity contribution in [1.29, 1.82) is 0 Å². The van der Waals surface area contributed by atoms with Gasteiger partial charge in [-0.1, -0.05) is 55.2 Å². The molecule has 0 aliphatic rings. The van der Waals surface area contributed by atoms with Gasteiger partial charge in [0, 0.05) is 31.8 Å². The number of thioether (sulfide) groups is 1. The minimum absolute atomic E-state index is 0.534. The van der Waals surface area contributed by atoms with Gasteiger partial charge in [0.15, 0.2) is 5.16 Å². The highest BCUT2D eigenvalue weighted by atomic mass is 32.2. The van der Waals surface area contributed by atoms with Gasteiger partial charge in [-0.05, 0) is 44.2 Å². The average Bonchev–Trinajstić information content (AvgIpc) is 2.93. The third-order valence-corrected chi connectivity index (χ3v) is 7.18. The molecule has 2 heterocycles. The summed E-state index contributed by atoms with van der Waals surface area (Å²) in [5.74, 6) is 0. The zero-order valence-electron chi connectivity index (χ0n) is 18.1. The highest BCUT2D eigenvalue weighted by Crippen LogP contribution is 2.33. The van der Waals surface area contributed by atoms with E-state index < -0.39 is 8.07 Å². The van der Waals surface area contributed by atoms with Crippen molar-refractivity contribution >= 4 is 30.9 Å². The van der Waals surface area contributed by atoms with E-state index in [0.717, 1.165) is 28.5 Å². The lowest BCUT2D eigenvalue weighted by Gasteiger charge is -2.16. The van der Waals surface area contributed by atoms with Crippen molar-refractivity contribution in [2.24, 2.45) is 0 Å². The Balaban J connectivity index is 2.03. The molecule has 0 radical (unpaired) electrons. The van der Waals surface area contributed by atoms with Crippen LogP contribution < -0.4 is 0 Å². The first-order valence-electron chi connectivity index (χ1n) is 9.76. The van der Waals surface area contributed by atoms with E-state index in [4.69, 9.17) is 14.7 Å². The van der Waals surface area contributed by atoms with Gasteiger partial charge in [0.2, 0.25) is 0 Å². The molecular formula is C22H31N3OSSi. The summed E-state index contributed by atoms with van der Waals surface area (Å²) in [5, 5.41) is 1.92. The second-order valence-corrected chi connectivity index (χ2v) is 15.1. The number of ether oxygens (including phenoxy) is 1. The molecule has 6 heteroatoms. The topological polar surface area (TPSA) is 39.9 Å². The number of nitrogens with zero attached hydrogens (tertiary/aromatic N) is 3. The van der Waals surface area contributed by atoms with E-state index >= 15 is 0 Å². The molecule has 0 unspecified atom stereocenters. The van der Waals surface area contributed by atoms with Crippen LogP contribution in [0.4, 0.5) is 0 Å². The van der Waals surface area contributed by atoms with Crippen molar-refractivity contribution in [3.8, 4) is 11.3 Å². The lowest BCUT2D eigenvalue weighted by atomic mass is 10.0. The van der Waals surface area contributed by atoms with Crippen LogP contribution in [0.1, 0.15) is 16.7 Å². The maximum absolute atomic E-state index is 6.01. The lowest BCUT2D eigenvalue weighted by molar-refractivity contribution is 0.0897. The van der Waals surface area contributed by atoms with Crippen molar-refractivity contribution in [3.05, 3.63) is 41.1 Å². The molecule has 0 saturated carbocycles. The summed E-state index contributed by atoms with van der Waals surface area (Å²) in [7, 11) is -1.09. The van der Waals surface area contributed by atoms with Gasteiger partial charge in [0.25, 0.3) is 0 Å². The van der Waals surface area contributed by atoms with Gasteiger partial charge in [-0.25, -0.2) is 9.97 Å². The zero-order valence-corrected chi connectivity index (χ0v) is 19.9. The number of aromatic nitrogens is 3. The Kier molecular flexibility index (Phi) is 6.32. The second kappa shape index (κ2) is 8.39. The first-order chi connectivity index (χ1) is 13.2. The molecular weight excluding hydrogens is 382 g/mol. The fourth-order valence-electron chi connectivity index (χ4n) is 3.36. The molecule has 0 N–H and O–H groups in total. The summed E-state index contributed by atoms with van der Waals surface area (Å²) in [6, 6.07) is 7.72. The Labute approximate surface area is 173 Å². The Morgan fingerprint density at radius 2 is 1.82 bits per heavy atom.